The Morgan fingerprint density at radius 1 is 1.10 bits per heavy atom. The van der Waals surface area contributed by atoms with E-state index in [1.165, 1.54) is 0 Å². The van der Waals surface area contributed by atoms with Crippen LogP contribution in [0.25, 0.3) is 10.6 Å². The van der Waals surface area contributed by atoms with Gasteiger partial charge in [-0.25, -0.2) is 0 Å². The van der Waals surface area contributed by atoms with Crippen molar-refractivity contribution < 1.29 is 9.47 Å². The van der Waals surface area contributed by atoms with Gasteiger partial charge in [0, 0.05) is 18.2 Å². The van der Waals surface area contributed by atoms with Gasteiger partial charge in [0.05, 0.1) is 14.2 Å². The van der Waals surface area contributed by atoms with Crippen molar-refractivity contribution in [1.29, 1.82) is 0 Å². The lowest BCUT2D eigenvalue weighted by molar-refractivity contribution is 0.394. The molecule has 1 N–H and O–H groups in total. The van der Waals surface area contributed by atoms with Crippen LogP contribution in [-0.4, -0.2) is 31.0 Å². The molecule has 1 aromatic carbocycles. The molecule has 5 nitrogen and oxygen atoms in total. The first-order valence-corrected chi connectivity index (χ1v) is 7.70. The Morgan fingerprint density at radius 3 is 2.33 bits per heavy atom. The van der Waals surface area contributed by atoms with E-state index >= 15 is 0 Å². The van der Waals surface area contributed by atoms with E-state index in [2.05, 4.69) is 29.4 Å². The molecule has 114 valence electrons. The zero-order valence-electron chi connectivity index (χ0n) is 12.8. The van der Waals surface area contributed by atoms with Gasteiger partial charge in [-0.2, -0.15) is 0 Å². The minimum atomic E-state index is 0.625. The Balaban J connectivity index is 2.13. The molecule has 0 amide bonds. The molecule has 6 heteroatoms. The third kappa shape index (κ3) is 4.41. The van der Waals surface area contributed by atoms with Crippen LogP contribution in [0, 0.1) is 5.92 Å². The molecule has 0 fully saturated rings. The molecule has 0 aliphatic heterocycles. The van der Waals surface area contributed by atoms with Crippen LogP contribution < -0.4 is 14.8 Å². The van der Waals surface area contributed by atoms with Gasteiger partial charge < -0.3 is 14.8 Å². The number of nitrogens with zero attached hydrogens (tertiary/aromatic N) is 2. The topological polar surface area (TPSA) is 56.3 Å². The van der Waals surface area contributed by atoms with Gasteiger partial charge in [-0.15, -0.1) is 10.2 Å². The molecule has 0 bridgehead atoms. The van der Waals surface area contributed by atoms with Gasteiger partial charge >= 0.3 is 0 Å². The van der Waals surface area contributed by atoms with Crippen molar-refractivity contribution in [2.75, 3.05) is 20.8 Å². The molecule has 2 rings (SSSR count). The third-order valence-corrected chi connectivity index (χ3v) is 3.87. The minimum absolute atomic E-state index is 0.625. The summed E-state index contributed by atoms with van der Waals surface area (Å²) >= 11 is 1.58. The highest BCUT2D eigenvalue weighted by atomic mass is 32.1. The molecule has 1 heterocycles. The zero-order chi connectivity index (χ0) is 15.2. The number of nitrogens with one attached hydrogen (secondary N) is 1. The molecular formula is C15H21N3O2S. The van der Waals surface area contributed by atoms with E-state index in [1.54, 1.807) is 25.6 Å². The van der Waals surface area contributed by atoms with Crippen LogP contribution in [-0.2, 0) is 6.54 Å². The van der Waals surface area contributed by atoms with Crippen LogP contribution >= 0.6 is 11.3 Å². The number of aromatic nitrogens is 2. The Bertz CT molecular complexity index is 562. The van der Waals surface area contributed by atoms with Crippen LogP contribution in [0.1, 0.15) is 18.9 Å². The summed E-state index contributed by atoms with van der Waals surface area (Å²) in [5.74, 6) is 2.12. The van der Waals surface area contributed by atoms with Crippen molar-refractivity contribution in [2.24, 2.45) is 5.92 Å². The van der Waals surface area contributed by atoms with Gasteiger partial charge in [-0.05, 0) is 24.6 Å². The second-order valence-corrected chi connectivity index (χ2v) is 6.19. The number of ether oxygens (including phenoxy) is 2. The SMILES string of the molecule is COc1cc(OC)cc(-c2nnc(CNCC(C)C)s2)c1. The summed E-state index contributed by atoms with van der Waals surface area (Å²) in [7, 11) is 3.28. The van der Waals surface area contributed by atoms with Crippen LogP contribution in [0.4, 0.5) is 0 Å². The van der Waals surface area contributed by atoms with Crippen molar-refractivity contribution in [3.63, 3.8) is 0 Å². The number of benzene rings is 1. The van der Waals surface area contributed by atoms with Crippen molar-refractivity contribution in [3.8, 4) is 22.1 Å². The fourth-order valence-electron chi connectivity index (χ4n) is 1.84. The van der Waals surface area contributed by atoms with E-state index in [1.807, 2.05) is 18.2 Å². The van der Waals surface area contributed by atoms with Crippen LogP contribution in [0.3, 0.4) is 0 Å². The zero-order valence-corrected chi connectivity index (χ0v) is 13.7. The van der Waals surface area contributed by atoms with Gasteiger partial charge in [0.15, 0.2) is 0 Å². The first kappa shape index (κ1) is 15.7. The summed E-state index contributed by atoms with van der Waals surface area (Å²) in [4.78, 5) is 0. The molecule has 0 unspecified atom stereocenters. The second-order valence-electron chi connectivity index (χ2n) is 5.13. The lowest BCUT2D eigenvalue weighted by Gasteiger charge is -2.06. The molecule has 0 spiro atoms. The highest BCUT2D eigenvalue weighted by Gasteiger charge is 2.10. The summed E-state index contributed by atoms with van der Waals surface area (Å²) in [6, 6.07) is 5.72. The lowest BCUT2D eigenvalue weighted by Crippen LogP contribution is -2.18. The second kappa shape index (κ2) is 7.38. The lowest BCUT2D eigenvalue weighted by atomic mass is 10.2. The van der Waals surface area contributed by atoms with E-state index in [-0.39, 0.29) is 0 Å². The Labute approximate surface area is 129 Å². The van der Waals surface area contributed by atoms with E-state index in [9.17, 15) is 0 Å². The van der Waals surface area contributed by atoms with Gasteiger partial charge in [0.1, 0.15) is 21.5 Å². The predicted octanol–water partition coefficient (Wildman–Crippen LogP) is 2.97. The normalized spacial score (nSPS) is 10.9. The summed E-state index contributed by atoms with van der Waals surface area (Å²) in [5, 5.41) is 13.7. The Hall–Kier alpha value is -1.66. The number of hydrogen-bond acceptors (Lipinski definition) is 6. The predicted molar refractivity (Wildman–Crippen MR) is 85.0 cm³/mol. The van der Waals surface area contributed by atoms with Gasteiger partial charge in [0.25, 0.3) is 0 Å². The Morgan fingerprint density at radius 2 is 1.76 bits per heavy atom. The number of rotatable bonds is 7. The quantitative estimate of drug-likeness (QED) is 0.852. The molecule has 0 aliphatic rings. The molecule has 1 aromatic heterocycles. The number of methoxy groups -OCH3 is 2. The average molecular weight is 307 g/mol. The third-order valence-electron chi connectivity index (χ3n) is 2.89. The van der Waals surface area contributed by atoms with Gasteiger partial charge in [0.2, 0.25) is 0 Å². The van der Waals surface area contributed by atoms with Gasteiger partial charge in [-0.1, -0.05) is 25.2 Å². The average Bonchev–Trinajstić information content (AvgIpc) is 2.95. The minimum Gasteiger partial charge on any atom is -0.497 e. The summed E-state index contributed by atoms with van der Waals surface area (Å²) in [6.45, 7) is 6.08. The van der Waals surface area contributed by atoms with Crippen LogP contribution in [0.15, 0.2) is 18.2 Å². The number of hydrogen-bond donors (Lipinski definition) is 1. The molecule has 0 saturated carbocycles. The fraction of sp³-hybridized carbons (Fsp3) is 0.467. The van der Waals surface area contributed by atoms with Crippen molar-refractivity contribution in [1.82, 2.24) is 15.5 Å². The maximum absolute atomic E-state index is 5.28. The van der Waals surface area contributed by atoms with Crippen molar-refractivity contribution in [2.45, 2.75) is 20.4 Å². The maximum Gasteiger partial charge on any atom is 0.148 e. The van der Waals surface area contributed by atoms with E-state index < -0.39 is 0 Å². The molecule has 0 radical (unpaired) electrons. The van der Waals surface area contributed by atoms with Crippen molar-refractivity contribution >= 4 is 11.3 Å². The molecule has 2 aromatic rings. The fourth-order valence-corrected chi connectivity index (χ4v) is 2.64. The first-order valence-electron chi connectivity index (χ1n) is 6.89. The highest BCUT2D eigenvalue weighted by molar-refractivity contribution is 7.14. The Kier molecular flexibility index (Phi) is 5.52. The molecule has 21 heavy (non-hydrogen) atoms. The van der Waals surface area contributed by atoms with E-state index in [0.29, 0.717) is 5.92 Å². The van der Waals surface area contributed by atoms with Crippen molar-refractivity contribution in [3.05, 3.63) is 23.2 Å². The maximum atomic E-state index is 5.28. The standard InChI is InChI=1S/C15H21N3O2S/c1-10(2)8-16-9-14-17-18-15(21-14)11-5-12(19-3)7-13(6-11)20-4/h5-7,10,16H,8-9H2,1-4H3. The summed E-state index contributed by atoms with van der Waals surface area (Å²) in [6.07, 6.45) is 0. The largest absolute Gasteiger partial charge is 0.497 e. The molecule has 0 atom stereocenters. The molecule has 0 saturated heterocycles. The molecular weight excluding hydrogens is 286 g/mol. The molecule has 0 aliphatic carbocycles. The van der Waals surface area contributed by atoms with Gasteiger partial charge in [-0.3, -0.25) is 0 Å². The highest BCUT2D eigenvalue weighted by Crippen LogP contribution is 2.31. The van der Waals surface area contributed by atoms with Crippen LogP contribution in [0.5, 0.6) is 11.5 Å². The smallest absolute Gasteiger partial charge is 0.148 e. The monoisotopic (exact) mass is 307 g/mol. The van der Waals surface area contributed by atoms with Crippen LogP contribution in [0.2, 0.25) is 0 Å². The van der Waals surface area contributed by atoms with E-state index in [4.69, 9.17) is 9.47 Å². The summed E-state index contributed by atoms with van der Waals surface area (Å²) in [5.41, 5.74) is 0.957. The van der Waals surface area contributed by atoms with E-state index in [0.717, 1.165) is 40.2 Å². The first-order chi connectivity index (χ1) is 10.1. The summed E-state index contributed by atoms with van der Waals surface area (Å²) < 4.78 is 10.6.